The first kappa shape index (κ1) is 22.6. The molecule has 0 amide bonds. The Balaban J connectivity index is 1.43. The first-order valence-corrected chi connectivity index (χ1v) is 13.0. The van der Waals surface area contributed by atoms with E-state index in [-0.39, 0.29) is 0 Å². The molecule has 1 heterocycles. The molecule has 3 nitrogen and oxygen atoms in total. The van der Waals surface area contributed by atoms with Gasteiger partial charge in [-0.05, 0) is 60.7 Å². The number of benzene rings is 3. The maximum atomic E-state index is 3.87. The predicted octanol–water partition coefficient (Wildman–Crippen LogP) is 5.76. The second kappa shape index (κ2) is 10.4. The Morgan fingerprint density at radius 3 is 2.00 bits per heavy atom. The monoisotopic (exact) mass is 503 g/mol. The summed E-state index contributed by atoms with van der Waals surface area (Å²) in [6.45, 7) is 6.51. The Labute approximate surface area is 207 Å². The minimum absolute atomic E-state index is 0.540. The third-order valence-electron chi connectivity index (χ3n) is 7.33. The third-order valence-corrected chi connectivity index (χ3v) is 8.08. The van der Waals surface area contributed by atoms with Gasteiger partial charge < -0.3 is 9.80 Å². The molecule has 33 heavy (non-hydrogen) atoms. The van der Waals surface area contributed by atoms with Crippen LogP contribution in [0, 0.1) is 0 Å². The van der Waals surface area contributed by atoms with Crippen LogP contribution in [0.3, 0.4) is 0 Å². The van der Waals surface area contributed by atoms with Crippen LogP contribution in [0.1, 0.15) is 28.7 Å². The molecule has 0 radical (unpaired) electrons. The molecule has 1 aliphatic heterocycles. The van der Waals surface area contributed by atoms with Gasteiger partial charge in [-0.2, -0.15) is 0 Å². The van der Waals surface area contributed by atoms with Crippen molar-refractivity contribution in [3.63, 3.8) is 0 Å². The van der Waals surface area contributed by atoms with Gasteiger partial charge >= 0.3 is 0 Å². The lowest BCUT2D eigenvalue weighted by atomic mass is 9.85. The van der Waals surface area contributed by atoms with Crippen LogP contribution in [-0.2, 0) is 25.9 Å². The zero-order chi connectivity index (χ0) is 22.6. The summed E-state index contributed by atoms with van der Waals surface area (Å²) in [5.41, 5.74) is 7.35. The Morgan fingerprint density at radius 2 is 1.39 bits per heavy atom. The van der Waals surface area contributed by atoms with Crippen molar-refractivity contribution < 1.29 is 0 Å². The maximum Gasteiger partial charge on any atom is 0.0403 e. The summed E-state index contributed by atoms with van der Waals surface area (Å²) >= 11 is 3.87. The molecule has 0 saturated carbocycles. The van der Waals surface area contributed by atoms with Crippen LogP contribution in [-0.4, -0.2) is 49.1 Å². The number of hydrogen-bond acceptors (Lipinski definition) is 3. The molecule has 0 bridgehead atoms. The predicted molar refractivity (Wildman–Crippen MR) is 142 cm³/mol. The van der Waals surface area contributed by atoms with Crippen molar-refractivity contribution >= 4 is 21.6 Å². The van der Waals surface area contributed by atoms with Crippen LogP contribution < -0.4 is 4.90 Å². The third kappa shape index (κ3) is 5.34. The number of piperazine rings is 1. The van der Waals surface area contributed by atoms with Crippen LogP contribution in [0.5, 0.6) is 0 Å². The minimum atomic E-state index is 0.540. The quantitative estimate of drug-likeness (QED) is 0.423. The fourth-order valence-electron chi connectivity index (χ4n) is 5.40. The molecular formula is C29H34BrN3. The zero-order valence-corrected chi connectivity index (χ0v) is 21.2. The number of anilines is 1. The van der Waals surface area contributed by atoms with E-state index < -0.39 is 0 Å². The fraction of sp³-hybridized carbons (Fsp3) is 0.379. The molecule has 4 heteroatoms. The first-order chi connectivity index (χ1) is 16.2. The van der Waals surface area contributed by atoms with E-state index in [1.165, 1.54) is 33.3 Å². The highest BCUT2D eigenvalue weighted by atomic mass is 79.9. The number of hydrogen-bond donors (Lipinski definition) is 0. The largest absolute Gasteiger partial charge is 0.369 e. The molecule has 172 valence electrons. The van der Waals surface area contributed by atoms with Gasteiger partial charge in [0.15, 0.2) is 0 Å². The molecule has 5 rings (SSSR count). The number of likely N-dealkylation sites (N-methyl/N-ethyl adjacent to an activating group) is 1. The van der Waals surface area contributed by atoms with Crippen molar-refractivity contribution in [3.8, 4) is 0 Å². The molecule has 1 saturated heterocycles. The van der Waals surface area contributed by atoms with Gasteiger partial charge in [-0.25, -0.2) is 0 Å². The van der Waals surface area contributed by atoms with Crippen LogP contribution in [0.4, 0.5) is 5.69 Å². The van der Waals surface area contributed by atoms with Gasteiger partial charge in [-0.1, -0.05) is 76.6 Å². The van der Waals surface area contributed by atoms with Crippen LogP contribution in [0.25, 0.3) is 0 Å². The summed E-state index contributed by atoms with van der Waals surface area (Å²) in [6.07, 6.45) is 3.47. The van der Waals surface area contributed by atoms with Crippen molar-refractivity contribution in [2.75, 3.05) is 38.1 Å². The van der Waals surface area contributed by atoms with E-state index in [9.17, 15) is 0 Å². The number of nitrogens with zero attached hydrogens (tertiary/aromatic N) is 3. The molecule has 1 fully saturated rings. The average molecular weight is 505 g/mol. The Hall–Kier alpha value is -2.14. The summed E-state index contributed by atoms with van der Waals surface area (Å²) in [5.74, 6) is 0. The number of fused-ring (bicyclic) bond motifs is 1. The molecule has 1 aliphatic carbocycles. The lowest BCUT2D eigenvalue weighted by Crippen LogP contribution is -2.45. The number of rotatable bonds is 6. The molecule has 3 aromatic rings. The second-order valence-corrected chi connectivity index (χ2v) is 10.4. The van der Waals surface area contributed by atoms with Crippen LogP contribution in [0.15, 0.2) is 77.3 Å². The summed E-state index contributed by atoms with van der Waals surface area (Å²) in [4.78, 5) is 7.76. The van der Waals surface area contributed by atoms with Gasteiger partial charge in [0.1, 0.15) is 0 Å². The zero-order valence-electron chi connectivity index (χ0n) is 19.6. The number of halogens is 1. The first-order valence-electron chi connectivity index (χ1n) is 12.2. The van der Waals surface area contributed by atoms with Crippen molar-refractivity contribution in [1.82, 2.24) is 9.80 Å². The lowest BCUT2D eigenvalue weighted by Gasteiger charge is -2.40. The summed E-state index contributed by atoms with van der Waals surface area (Å²) in [5, 5.41) is 0. The lowest BCUT2D eigenvalue weighted by molar-refractivity contribution is 0.162. The van der Waals surface area contributed by atoms with Gasteiger partial charge in [0.2, 0.25) is 0 Å². The molecular weight excluding hydrogens is 470 g/mol. The smallest absolute Gasteiger partial charge is 0.0403 e. The van der Waals surface area contributed by atoms with E-state index in [0.717, 1.165) is 52.1 Å². The van der Waals surface area contributed by atoms with Gasteiger partial charge in [-0.3, -0.25) is 4.90 Å². The molecule has 0 aromatic heterocycles. The average Bonchev–Trinajstić information content (AvgIpc) is 2.86. The Kier molecular flexibility index (Phi) is 7.15. The van der Waals surface area contributed by atoms with Gasteiger partial charge in [0.05, 0.1) is 0 Å². The highest BCUT2D eigenvalue weighted by Gasteiger charge is 2.29. The van der Waals surface area contributed by atoms with E-state index in [4.69, 9.17) is 0 Å². The molecule has 0 N–H and O–H groups in total. The van der Waals surface area contributed by atoms with E-state index in [1.54, 1.807) is 5.56 Å². The summed E-state index contributed by atoms with van der Waals surface area (Å²) in [6, 6.07) is 27.1. The van der Waals surface area contributed by atoms with Crippen molar-refractivity contribution in [2.24, 2.45) is 0 Å². The van der Waals surface area contributed by atoms with Crippen molar-refractivity contribution in [2.45, 2.75) is 38.4 Å². The molecule has 0 spiro atoms. The highest BCUT2D eigenvalue weighted by molar-refractivity contribution is 9.10. The minimum Gasteiger partial charge on any atom is -0.369 e. The molecule has 0 unspecified atom stereocenters. The van der Waals surface area contributed by atoms with Crippen LogP contribution >= 0.6 is 15.9 Å². The van der Waals surface area contributed by atoms with Gasteiger partial charge in [0.25, 0.3) is 0 Å². The SMILES string of the molecule is CN1CCN(c2ccc(Br)c3c2C[C@H](N(Cc2ccccc2)Cc2ccccc2)CC3)CC1. The Morgan fingerprint density at radius 1 is 0.788 bits per heavy atom. The van der Waals surface area contributed by atoms with Crippen molar-refractivity contribution in [3.05, 3.63) is 99.5 Å². The standard InChI is InChI=1S/C29H34BrN3/c1-31-16-18-32(19-17-31)29-15-14-28(30)26-13-12-25(20-27(26)29)33(21-23-8-4-2-5-9-23)22-24-10-6-3-7-11-24/h2-11,14-15,25H,12-13,16-22H2,1H3/t25-/m1/s1. The van der Waals surface area contributed by atoms with Gasteiger partial charge in [-0.15, -0.1) is 0 Å². The molecule has 2 aliphatic rings. The summed E-state index contributed by atoms with van der Waals surface area (Å²) in [7, 11) is 2.23. The Bertz CT molecular complexity index is 1000. The van der Waals surface area contributed by atoms with E-state index >= 15 is 0 Å². The normalized spacial score (nSPS) is 19.0. The van der Waals surface area contributed by atoms with Crippen LogP contribution in [0.2, 0.25) is 0 Å². The van der Waals surface area contributed by atoms with Gasteiger partial charge in [0, 0.05) is 55.5 Å². The van der Waals surface area contributed by atoms with E-state index in [0.29, 0.717) is 6.04 Å². The summed E-state index contributed by atoms with van der Waals surface area (Å²) < 4.78 is 1.28. The molecule has 3 aromatic carbocycles. The van der Waals surface area contributed by atoms with E-state index in [1.807, 2.05) is 0 Å². The highest BCUT2D eigenvalue weighted by Crippen LogP contribution is 2.37. The topological polar surface area (TPSA) is 9.72 Å². The van der Waals surface area contributed by atoms with E-state index in [2.05, 4.69) is 110 Å². The van der Waals surface area contributed by atoms with Crippen molar-refractivity contribution in [1.29, 1.82) is 0 Å². The second-order valence-electron chi connectivity index (χ2n) is 9.59. The maximum absolute atomic E-state index is 3.87. The fourth-order valence-corrected chi connectivity index (χ4v) is 5.97. The molecule has 1 atom stereocenters.